The van der Waals surface area contributed by atoms with Gasteiger partial charge in [0.15, 0.2) is 17.3 Å². The van der Waals surface area contributed by atoms with Gasteiger partial charge in [-0.1, -0.05) is 62.7 Å². The Bertz CT molecular complexity index is 1460. The van der Waals surface area contributed by atoms with Gasteiger partial charge in [-0.25, -0.2) is 0 Å². The second-order valence-electron chi connectivity index (χ2n) is 11.0. The number of nitrogens with one attached hydrogen (secondary N) is 1. The molecule has 1 amide bonds. The molecule has 40 heavy (non-hydrogen) atoms. The van der Waals surface area contributed by atoms with Crippen molar-refractivity contribution in [3.63, 3.8) is 0 Å². The number of hydrogen-bond donors (Lipinski definition) is 1. The van der Waals surface area contributed by atoms with Crippen molar-refractivity contribution in [3.05, 3.63) is 94.1 Å². The van der Waals surface area contributed by atoms with Crippen molar-refractivity contribution < 1.29 is 19.1 Å². The summed E-state index contributed by atoms with van der Waals surface area (Å²) in [5.41, 5.74) is 4.65. The molecule has 3 aromatic carbocycles. The number of nitrogens with zero attached hydrogens (tertiary/aromatic N) is 1. The first kappa shape index (κ1) is 27.8. The van der Waals surface area contributed by atoms with Crippen LogP contribution in [-0.4, -0.2) is 18.3 Å². The molecule has 1 aliphatic carbocycles. The van der Waals surface area contributed by atoms with Crippen LogP contribution in [0, 0.1) is 5.41 Å². The van der Waals surface area contributed by atoms with Crippen LogP contribution >= 0.6 is 11.6 Å². The number of halogens is 1. The number of rotatable bonds is 7. The summed E-state index contributed by atoms with van der Waals surface area (Å²) in [4.78, 5) is 29.3. The highest BCUT2D eigenvalue weighted by Crippen LogP contribution is 2.49. The van der Waals surface area contributed by atoms with Crippen LogP contribution in [-0.2, 0) is 16.2 Å². The Morgan fingerprint density at radius 2 is 1.75 bits per heavy atom. The Labute approximate surface area is 240 Å². The summed E-state index contributed by atoms with van der Waals surface area (Å²) in [6, 6.07) is 20.4. The Morgan fingerprint density at radius 1 is 1.00 bits per heavy atom. The molecule has 1 aliphatic heterocycles. The summed E-state index contributed by atoms with van der Waals surface area (Å²) in [6.07, 6.45) is 1.41. The maximum absolute atomic E-state index is 13.8. The normalized spacial score (nSPS) is 17.9. The topological polar surface area (TPSA) is 67.9 Å². The lowest BCUT2D eigenvalue weighted by molar-refractivity contribution is -0.119. The number of ketones is 1. The molecule has 3 aromatic rings. The second-order valence-corrected chi connectivity index (χ2v) is 11.5. The lowest BCUT2D eigenvalue weighted by atomic mass is 9.73. The van der Waals surface area contributed by atoms with Gasteiger partial charge in [0.2, 0.25) is 5.91 Å². The second kappa shape index (κ2) is 11.4. The Hall–Kier alpha value is -3.77. The van der Waals surface area contributed by atoms with Gasteiger partial charge in [0.25, 0.3) is 0 Å². The summed E-state index contributed by atoms with van der Waals surface area (Å²) in [7, 11) is 0. The van der Waals surface area contributed by atoms with E-state index in [1.54, 1.807) is 4.90 Å². The molecule has 1 heterocycles. The first-order chi connectivity index (χ1) is 19.2. The third-order valence-corrected chi connectivity index (χ3v) is 7.61. The lowest BCUT2D eigenvalue weighted by Gasteiger charge is -2.37. The van der Waals surface area contributed by atoms with Crippen LogP contribution in [0.3, 0.4) is 0 Å². The number of fused-ring (bicyclic) bond motifs is 1. The fourth-order valence-electron chi connectivity index (χ4n) is 5.57. The quantitative estimate of drug-likeness (QED) is 0.319. The van der Waals surface area contributed by atoms with E-state index < -0.39 is 6.04 Å². The van der Waals surface area contributed by atoms with Crippen LogP contribution in [0.2, 0.25) is 5.02 Å². The van der Waals surface area contributed by atoms with Crippen LogP contribution < -0.4 is 19.7 Å². The van der Waals surface area contributed by atoms with E-state index in [0.29, 0.717) is 54.6 Å². The van der Waals surface area contributed by atoms with Crippen LogP contribution in [0.1, 0.15) is 64.1 Å². The monoisotopic (exact) mass is 558 g/mol. The zero-order valence-corrected chi connectivity index (χ0v) is 24.2. The predicted molar refractivity (Wildman–Crippen MR) is 159 cm³/mol. The van der Waals surface area contributed by atoms with Crippen molar-refractivity contribution in [1.29, 1.82) is 0 Å². The molecule has 0 saturated heterocycles. The fourth-order valence-corrected chi connectivity index (χ4v) is 5.70. The van der Waals surface area contributed by atoms with E-state index in [0.717, 1.165) is 28.2 Å². The van der Waals surface area contributed by atoms with Crippen LogP contribution in [0.4, 0.5) is 11.4 Å². The number of ether oxygens (including phenoxy) is 2. The summed E-state index contributed by atoms with van der Waals surface area (Å²) in [6.45, 7) is 8.77. The summed E-state index contributed by atoms with van der Waals surface area (Å²) < 4.78 is 12.2. The van der Waals surface area contributed by atoms with E-state index >= 15 is 0 Å². The minimum atomic E-state index is -0.605. The molecule has 0 bridgehead atoms. The smallest absolute Gasteiger partial charge is 0.227 e. The zero-order chi connectivity index (χ0) is 28.4. The third-order valence-electron chi connectivity index (χ3n) is 7.36. The van der Waals surface area contributed by atoms with E-state index in [9.17, 15) is 9.59 Å². The van der Waals surface area contributed by atoms with Gasteiger partial charge < -0.3 is 14.8 Å². The number of benzene rings is 3. The Balaban J connectivity index is 1.63. The molecule has 1 N–H and O–H groups in total. The molecule has 1 unspecified atom stereocenters. The van der Waals surface area contributed by atoms with Crippen molar-refractivity contribution in [3.8, 4) is 11.5 Å². The van der Waals surface area contributed by atoms with Crippen LogP contribution in [0.5, 0.6) is 11.5 Å². The molecule has 0 fully saturated rings. The van der Waals surface area contributed by atoms with Gasteiger partial charge in [0, 0.05) is 29.1 Å². The number of amides is 1. The SMILES string of the molecule is CCOc1cc(C2C3=C(CC(C)(C)CC3=O)Nc3ccccc3N2C(=O)CC)ccc1OCc1ccc(Cl)cc1. The molecule has 7 heteroatoms. The van der Waals surface area contributed by atoms with Crippen molar-refractivity contribution >= 4 is 34.7 Å². The van der Waals surface area contributed by atoms with Gasteiger partial charge in [0.1, 0.15) is 6.61 Å². The maximum atomic E-state index is 13.8. The molecule has 0 saturated carbocycles. The molecule has 2 aliphatic rings. The summed E-state index contributed by atoms with van der Waals surface area (Å²) >= 11 is 6.03. The standard InChI is InChI=1S/C33H35ClN2O4/c1-5-30(38)36-26-10-8-7-9-24(26)35-25-18-33(3,4)19-27(37)31(25)32(36)22-13-16-28(29(17-22)39-6-2)40-20-21-11-14-23(34)15-12-21/h7-17,32,35H,5-6,18-20H2,1-4H3. The highest BCUT2D eigenvalue weighted by molar-refractivity contribution is 6.30. The first-order valence-electron chi connectivity index (χ1n) is 13.8. The van der Waals surface area contributed by atoms with Crippen molar-refractivity contribution in [1.82, 2.24) is 0 Å². The van der Waals surface area contributed by atoms with Gasteiger partial charge in [-0.15, -0.1) is 0 Å². The van der Waals surface area contributed by atoms with Crippen LogP contribution in [0.25, 0.3) is 0 Å². The fraction of sp³-hybridized carbons (Fsp3) is 0.333. The molecule has 0 radical (unpaired) electrons. The number of hydrogen-bond acceptors (Lipinski definition) is 5. The van der Waals surface area contributed by atoms with Gasteiger partial charge >= 0.3 is 0 Å². The number of carbonyl (C=O) groups is 2. The number of para-hydroxylation sites is 2. The Morgan fingerprint density at radius 3 is 2.48 bits per heavy atom. The molecule has 6 nitrogen and oxygen atoms in total. The lowest BCUT2D eigenvalue weighted by Crippen LogP contribution is -2.39. The van der Waals surface area contributed by atoms with Crippen molar-refractivity contribution in [2.45, 2.75) is 59.6 Å². The molecule has 5 rings (SSSR count). The number of Topliss-reactive ketones (excluding diaryl/α,β-unsaturated/α-hetero) is 1. The number of carbonyl (C=O) groups excluding carboxylic acids is 2. The van der Waals surface area contributed by atoms with E-state index in [1.165, 1.54) is 0 Å². The van der Waals surface area contributed by atoms with Crippen LogP contribution in [0.15, 0.2) is 78.0 Å². The molecule has 0 aromatic heterocycles. The highest BCUT2D eigenvalue weighted by Gasteiger charge is 2.43. The molecule has 1 atom stereocenters. The highest BCUT2D eigenvalue weighted by atomic mass is 35.5. The molecule has 0 spiro atoms. The minimum Gasteiger partial charge on any atom is -0.490 e. The van der Waals surface area contributed by atoms with Crippen molar-refractivity contribution in [2.75, 3.05) is 16.8 Å². The minimum absolute atomic E-state index is 0.0477. The summed E-state index contributed by atoms with van der Waals surface area (Å²) in [5.74, 6) is 1.14. The van der Waals surface area contributed by atoms with Gasteiger partial charge in [-0.05, 0) is 66.3 Å². The third kappa shape index (κ3) is 5.59. The van der Waals surface area contributed by atoms with Gasteiger partial charge in [-0.2, -0.15) is 0 Å². The average Bonchev–Trinajstić information content (AvgIpc) is 3.06. The van der Waals surface area contributed by atoms with Crippen molar-refractivity contribution in [2.24, 2.45) is 5.41 Å². The largest absolute Gasteiger partial charge is 0.490 e. The van der Waals surface area contributed by atoms with E-state index in [4.69, 9.17) is 21.1 Å². The summed E-state index contributed by atoms with van der Waals surface area (Å²) in [5, 5.41) is 4.22. The first-order valence-corrected chi connectivity index (χ1v) is 14.2. The number of allylic oxidation sites excluding steroid dienone is 1. The number of anilines is 2. The molecule has 208 valence electrons. The molecular formula is C33H35ClN2O4. The predicted octanol–water partition coefficient (Wildman–Crippen LogP) is 7.87. The van der Waals surface area contributed by atoms with E-state index in [1.807, 2.05) is 80.6 Å². The zero-order valence-electron chi connectivity index (χ0n) is 23.4. The maximum Gasteiger partial charge on any atom is 0.227 e. The van der Waals surface area contributed by atoms with Gasteiger partial charge in [-0.3, -0.25) is 14.5 Å². The van der Waals surface area contributed by atoms with E-state index in [2.05, 4.69) is 19.2 Å². The Kier molecular flexibility index (Phi) is 7.90. The van der Waals surface area contributed by atoms with E-state index in [-0.39, 0.29) is 17.1 Å². The van der Waals surface area contributed by atoms with Gasteiger partial charge in [0.05, 0.1) is 24.0 Å². The average molecular weight is 559 g/mol. The molecular weight excluding hydrogens is 524 g/mol.